The Hall–Kier alpha value is -1.15. The first-order valence-corrected chi connectivity index (χ1v) is 7.56. The minimum Gasteiger partial charge on any atom is -0.293 e. The smallest absolute Gasteiger partial charge is 0.252 e. The van der Waals surface area contributed by atoms with Crippen LogP contribution in [0.5, 0.6) is 0 Å². The molecule has 8 heteroatoms. The van der Waals surface area contributed by atoms with Gasteiger partial charge in [-0.05, 0) is 37.1 Å². The van der Waals surface area contributed by atoms with Gasteiger partial charge in [0.05, 0.1) is 4.90 Å². The maximum absolute atomic E-state index is 12.4. The van der Waals surface area contributed by atoms with Gasteiger partial charge in [-0.2, -0.15) is 4.31 Å². The van der Waals surface area contributed by atoms with Crippen molar-refractivity contribution in [2.24, 2.45) is 5.84 Å². The number of amides is 1. The number of nitrogens with one attached hydrogen (secondary N) is 1. The van der Waals surface area contributed by atoms with Gasteiger partial charge in [0.2, 0.25) is 10.0 Å². The molecule has 1 fully saturated rings. The SMILES string of the molecule is NNC(=O)[C@@H]1CCCN1S(=O)(=O)c1ccc(Cl)cc1. The zero-order valence-corrected chi connectivity index (χ0v) is 11.6. The maximum Gasteiger partial charge on any atom is 0.252 e. The van der Waals surface area contributed by atoms with E-state index < -0.39 is 22.0 Å². The summed E-state index contributed by atoms with van der Waals surface area (Å²) in [6.45, 7) is 0.309. The zero-order valence-electron chi connectivity index (χ0n) is 10.0. The van der Waals surface area contributed by atoms with E-state index in [9.17, 15) is 13.2 Å². The first-order valence-electron chi connectivity index (χ1n) is 5.74. The Morgan fingerprint density at radius 3 is 2.58 bits per heavy atom. The number of hydrogen-bond donors (Lipinski definition) is 2. The van der Waals surface area contributed by atoms with Gasteiger partial charge >= 0.3 is 0 Å². The van der Waals surface area contributed by atoms with E-state index in [-0.39, 0.29) is 4.90 Å². The van der Waals surface area contributed by atoms with Crippen molar-refractivity contribution in [1.29, 1.82) is 0 Å². The molecule has 1 aliphatic rings. The third-order valence-corrected chi connectivity index (χ3v) is 5.24. The first kappa shape index (κ1) is 14.3. The molecule has 6 nitrogen and oxygen atoms in total. The van der Waals surface area contributed by atoms with Crippen molar-refractivity contribution in [2.45, 2.75) is 23.8 Å². The molecular formula is C11H14ClN3O3S. The van der Waals surface area contributed by atoms with Gasteiger partial charge in [-0.15, -0.1) is 0 Å². The number of nitrogens with zero attached hydrogens (tertiary/aromatic N) is 1. The minimum atomic E-state index is -3.70. The van der Waals surface area contributed by atoms with Crippen LogP contribution in [0.2, 0.25) is 5.02 Å². The average molecular weight is 304 g/mol. The Morgan fingerprint density at radius 2 is 2.00 bits per heavy atom. The van der Waals surface area contributed by atoms with E-state index >= 15 is 0 Å². The fourth-order valence-corrected chi connectivity index (χ4v) is 3.91. The first-order chi connectivity index (χ1) is 8.96. The molecule has 1 aromatic rings. The van der Waals surface area contributed by atoms with Gasteiger partial charge in [0, 0.05) is 11.6 Å². The highest BCUT2D eigenvalue weighted by Gasteiger charge is 2.39. The zero-order chi connectivity index (χ0) is 14.0. The van der Waals surface area contributed by atoms with E-state index in [1.165, 1.54) is 28.6 Å². The molecule has 2 rings (SSSR count). The summed E-state index contributed by atoms with van der Waals surface area (Å²) in [5.74, 6) is 4.59. The van der Waals surface area contributed by atoms with Crippen molar-refractivity contribution in [3.63, 3.8) is 0 Å². The van der Waals surface area contributed by atoms with E-state index in [0.29, 0.717) is 24.4 Å². The topological polar surface area (TPSA) is 92.5 Å². The Balaban J connectivity index is 2.33. The molecule has 0 spiro atoms. The van der Waals surface area contributed by atoms with E-state index in [1.807, 2.05) is 5.43 Å². The molecule has 104 valence electrons. The van der Waals surface area contributed by atoms with Crippen LogP contribution in [0.4, 0.5) is 0 Å². The van der Waals surface area contributed by atoms with Crippen LogP contribution < -0.4 is 11.3 Å². The van der Waals surface area contributed by atoms with Gasteiger partial charge in [0.25, 0.3) is 5.91 Å². The summed E-state index contributed by atoms with van der Waals surface area (Å²) in [4.78, 5) is 11.7. The second-order valence-electron chi connectivity index (χ2n) is 4.24. The normalized spacial score (nSPS) is 20.4. The third kappa shape index (κ3) is 2.74. The molecule has 0 bridgehead atoms. The summed E-state index contributed by atoms with van der Waals surface area (Å²) in [5.41, 5.74) is 2.00. The van der Waals surface area contributed by atoms with Crippen LogP contribution in [0.3, 0.4) is 0 Å². The van der Waals surface area contributed by atoms with Gasteiger partial charge in [0.15, 0.2) is 0 Å². The number of sulfonamides is 1. The number of carbonyl (C=O) groups is 1. The van der Waals surface area contributed by atoms with Crippen LogP contribution in [-0.4, -0.2) is 31.2 Å². The molecule has 1 amide bonds. The fraction of sp³-hybridized carbons (Fsp3) is 0.364. The van der Waals surface area contributed by atoms with E-state index in [4.69, 9.17) is 17.4 Å². The molecule has 1 saturated heterocycles. The van der Waals surface area contributed by atoms with Gasteiger partial charge in [-0.1, -0.05) is 11.6 Å². The van der Waals surface area contributed by atoms with Gasteiger partial charge in [-0.25, -0.2) is 14.3 Å². The Labute approximate surface area is 116 Å². The Kier molecular flexibility index (Phi) is 4.10. The summed E-state index contributed by atoms with van der Waals surface area (Å²) in [7, 11) is -3.70. The third-order valence-electron chi connectivity index (χ3n) is 3.07. The van der Waals surface area contributed by atoms with Crippen molar-refractivity contribution in [3.05, 3.63) is 29.3 Å². The largest absolute Gasteiger partial charge is 0.293 e. The molecule has 1 aromatic carbocycles. The van der Waals surface area contributed by atoms with Crippen molar-refractivity contribution in [2.75, 3.05) is 6.54 Å². The highest BCUT2D eigenvalue weighted by atomic mass is 35.5. The molecule has 19 heavy (non-hydrogen) atoms. The lowest BCUT2D eigenvalue weighted by Crippen LogP contribution is -2.47. The molecule has 0 saturated carbocycles. The molecule has 1 aliphatic heterocycles. The standard InChI is InChI=1S/C11H14ClN3O3S/c12-8-3-5-9(6-4-8)19(17,18)15-7-1-2-10(15)11(16)14-13/h3-6,10H,1-2,7,13H2,(H,14,16)/t10-/m0/s1. The van der Waals surface area contributed by atoms with Crippen LogP contribution in [-0.2, 0) is 14.8 Å². The lowest BCUT2D eigenvalue weighted by Gasteiger charge is -2.22. The van der Waals surface area contributed by atoms with Crippen molar-refractivity contribution < 1.29 is 13.2 Å². The van der Waals surface area contributed by atoms with Crippen LogP contribution in [0.1, 0.15) is 12.8 Å². The lowest BCUT2D eigenvalue weighted by molar-refractivity contribution is -0.124. The number of carbonyl (C=O) groups excluding carboxylic acids is 1. The molecule has 1 atom stereocenters. The van der Waals surface area contributed by atoms with Crippen LogP contribution in [0.15, 0.2) is 29.2 Å². The highest BCUT2D eigenvalue weighted by molar-refractivity contribution is 7.89. The number of nitrogens with two attached hydrogens (primary N) is 1. The number of hydrazine groups is 1. The van der Waals surface area contributed by atoms with Crippen LogP contribution in [0, 0.1) is 0 Å². The Morgan fingerprint density at radius 1 is 1.37 bits per heavy atom. The molecular weight excluding hydrogens is 290 g/mol. The quantitative estimate of drug-likeness (QED) is 0.483. The van der Waals surface area contributed by atoms with Crippen molar-refractivity contribution in [1.82, 2.24) is 9.73 Å². The van der Waals surface area contributed by atoms with E-state index in [2.05, 4.69) is 0 Å². The monoisotopic (exact) mass is 303 g/mol. The minimum absolute atomic E-state index is 0.119. The molecule has 1 heterocycles. The molecule has 3 N–H and O–H groups in total. The van der Waals surface area contributed by atoms with E-state index in [1.54, 1.807) is 0 Å². The van der Waals surface area contributed by atoms with Crippen molar-refractivity contribution in [3.8, 4) is 0 Å². The van der Waals surface area contributed by atoms with Crippen LogP contribution in [0.25, 0.3) is 0 Å². The average Bonchev–Trinajstić information content (AvgIpc) is 2.88. The van der Waals surface area contributed by atoms with Gasteiger partial charge in [-0.3, -0.25) is 10.2 Å². The van der Waals surface area contributed by atoms with Crippen molar-refractivity contribution >= 4 is 27.5 Å². The molecule has 0 unspecified atom stereocenters. The number of rotatable bonds is 3. The summed E-state index contributed by atoms with van der Waals surface area (Å²) < 4.78 is 26.1. The summed E-state index contributed by atoms with van der Waals surface area (Å²) in [6, 6.07) is 5.11. The number of hydrogen-bond acceptors (Lipinski definition) is 4. The predicted molar refractivity (Wildman–Crippen MR) is 70.7 cm³/mol. The van der Waals surface area contributed by atoms with Gasteiger partial charge in [0.1, 0.15) is 6.04 Å². The van der Waals surface area contributed by atoms with E-state index in [0.717, 1.165) is 0 Å². The number of halogens is 1. The second-order valence-corrected chi connectivity index (χ2v) is 6.56. The fourth-order valence-electron chi connectivity index (χ4n) is 2.13. The second kappa shape index (κ2) is 5.46. The maximum atomic E-state index is 12.4. The molecule has 0 radical (unpaired) electrons. The predicted octanol–water partition coefficient (Wildman–Crippen LogP) is 0.483. The summed E-state index contributed by atoms with van der Waals surface area (Å²) in [6.07, 6.45) is 1.10. The summed E-state index contributed by atoms with van der Waals surface area (Å²) >= 11 is 5.73. The Bertz CT molecular complexity index is 573. The van der Waals surface area contributed by atoms with Crippen LogP contribution >= 0.6 is 11.6 Å². The lowest BCUT2D eigenvalue weighted by atomic mass is 10.2. The highest BCUT2D eigenvalue weighted by Crippen LogP contribution is 2.26. The van der Waals surface area contributed by atoms with Gasteiger partial charge < -0.3 is 0 Å². The number of benzene rings is 1. The molecule has 0 aliphatic carbocycles. The summed E-state index contributed by atoms with van der Waals surface area (Å²) in [5, 5.41) is 0.455. The molecule has 0 aromatic heterocycles.